The molecule has 7 heteroatoms. The van der Waals surface area contributed by atoms with Crippen LogP contribution in [0.2, 0.25) is 0 Å². The second kappa shape index (κ2) is 8.50. The zero-order valence-electron chi connectivity index (χ0n) is 14.7. The number of hydrogen-bond donors (Lipinski definition) is 2. The fourth-order valence-electron chi connectivity index (χ4n) is 3.03. The van der Waals surface area contributed by atoms with E-state index >= 15 is 0 Å². The number of carbonyl (C=O) groups is 1. The lowest BCUT2D eigenvalue weighted by Gasteiger charge is -2.27. The van der Waals surface area contributed by atoms with Crippen LogP contribution in [0.1, 0.15) is 30.4 Å². The van der Waals surface area contributed by atoms with Crippen LogP contribution in [-0.2, 0) is 20.0 Å². The predicted molar refractivity (Wildman–Crippen MR) is 97.5 cm³/mol. The maximum Gasteiger partial charge on any atom is 0.315 e. The normalized spacial score (nSPS) is 14.4. The Bertz CT molecular complexity index is 692. The van der Waals surface area contributed by atoms with Gasteiger partial charge in [-0.3, -0.25) is 4.68 Å². The summed E-state index contributed by atoms with van der Waals surface area (Å²) in [5.41, 5.74) is 2.18. The number of carbonyl (C=O) groups excluding carboxylic acids is 1. The van der Waals surface area contributed by atoms with Gasteiger partial charge >= 0.3 is 6.03 Å². The smallest absolute Gasteiger partial charge is 0.315 e. The second-order valence-corrected chi connectivity index (χ2v) is 6.45. The molecule has 3 rings (SSSR count). The van der Waals surface area contributed by atoms with Crippen LogP contribution in [0.15, 0.2) is 30.7 Å². The van der Waals surface area contributed by atoms with Crippen LogP contribution in [0.3, 0.4) is 0 Å². The van der Waals surface area contributed by atoms with Crippen molar-refractivity contribution in [3.63, 3.8) is 0 Å². The average molecular weight is 342 g/mol. The Kier molecular flexibility index (Phi) is 5.87. The lowest BCUT2D eigenvalue weighted by Crippen LogP contribution is -2.36. The summed E-state index contributed by atoms with van der Waals surface area (Å²) in [5, 5.41) is 9.89. The van der Waals surface area contributed by atoms with E-state index in [1.807, 2.05) is 31.7 Å². The molecule has 1 aliphatic heterocycles. The number of pyridine rings is 1. The molecule has 2 aromatic heterocycles. The number of hydrogen-bond acceptors (Lipinski definition) is 4. The molecule has 0 aliphatic carbocycles. The molecule has 2 amide bonds. The Balaban J connectivity index is 1.42. The van der Waals surface area contributed by atoms with Gasteiger partial charge < -0.3 is 15.5 Å². The van der Waals surface area contributed by atoms with Gasteiger partial charge in [-0.05, 0) is 48.9 Å². The van der Waals surface area contributed by atoms with Crippen LogP contribution in [-0.4, -0.2) is 40.4 Å². The van der Waals surface area contributed by atoms with Crippen LogP contribution < -0.4 is 15.5 Å². The summed E-state index contributed by atoms with van der Waals surface area (Å²) in [6.45, 7) is 3.23. The van der Waals surface area contributed by atoms with Crippen molar-refractivity contribution in [1.82, 2.24) is 25.4 Å². The lowest BCUT2D eigenvalue weighted by molar-refractivity contribution is 0.240. The van der Waals surface area contributed by atoms with Crippen molar-refractivity contribution >= 4 is 11.8 Å². The summed E-state index contributed by atoms with van der Waals surface area (Å²) >= 11 is 0. The Hall–Kier alpha value is -2.57. The Morgan fingerprint density at radius 3 is 2.80 bits per heavy atom. The van der Waals surface area contributed by atoms with Gasteiger partial charge in [0.15, 0.2) is 0 Å². The van der Waals surface area contributed by atoms with Gasteiger partial charge in [0.25, 0.3) is 0 Å². The van der Waals surface area contributed by atoms with Crippen LogP contribution in [0.25, 0.3) is 0 Å². The third-order valence-corrected chi connectivity index (χ3v) is 4.40. The first-order chi connectivity index (χ1) is 12.2. The third kappa shape index (κ3) is 5.20. The lowest BCUT2D eigenvalue weighted by atomic mass is 10.1. The SMILES string of the molecule is Cn1cc(CCNC(=O)NCc2ccnc(N3CCCCC3)c2)cn1. The zero-order valence-corrected chi connectivity index (χ0v) is 14.7. The predicted octanol–water partition coefficient (Wildman–Crippen LogP) is 1.85. The van der Waals surface area contributed by atoms with Crippen molar-refractivity contribution in [2.24, 2.45) is 7.05 Å². The molecule has 1 aliphatic rings. The van der Waals surface area contributed by atoms with Crippen molar-refractivity contribution in [3.05, 3.63) is 41.9 Å². The maximum atomic E-state index is 11.9. The largest absolute Gasteiger partial charge is 0.357 e. The van der Waals surface area contributed by atoms with Gasteiger partial charge in [-0.15, -0.1) is 0 Å². The first-order valence-electron chi connectivity index (χ1n) is 8.90. The number of rotatable bonds is 6. The molecule has 0 saturated carbocycles. The first-order valence-corrected chi connectivity index (χ1v) is 8.90. The Labute approximate surface area is 148 Å². The van der Waals surface area contributed by atoms with Crippen molar-refractivity contribution in [3.8, 4) is 0 Å². The van der Waals surface area contributed by atoms with Gasteiger partial charge in [0.05, 0.1) is 6.20 Å². The fraction of sp³-hybridized carbons (Fsp3) is 0.500. The van der Waals surface area contributed by atoms with Crippen molar-refractivity contribution in [1.29, 1.82) is 0 Å². The van der Waals surface area contributed by atoms with Gasteiger partial charge in [-0.1, -0.05) is 0 Å². The summed E-state index contributed by atoms with van der Waals surface area (Å²) in [7, 11) is 1.89. The van der Waals surface area contributed by atoms with Gasteiger partial charge in [0, 0.05) is 45.6 Å². The molecule has 1 saturated heterocycles. The van der Waals surface area contributed by atoms with E-state index in [-0.39, 0.29) is 6.03 Å². The molecule has 0 unspecified atom stereocenters. The molecule has 2 N–H and O–H groups in total. The molecule has 0 aromatic carbocycles. The summed E-state index contributed by atoms with van der Waals surface area (Å²) in [5.74, 6) is 1.01. The quantitative estimate of drug-likeness (QED) is 0.840. The minimum atomic E-state index is -0.153. The molecule has 0 spiro atoms. The third-order valence-electron chi connectivity index (χ3n) is 4.40. The van der Waals surface area contributed by atoms with Gasteiger partial charge in [0.2, 0.25) is 0 Å². The van der Waals surface area contributed by atoms with E-state index in [1.165, 1.54) is 19.3 Å². The van der Waals surface area contributed by atoms with Crippen LogP contribution in [0.5, 0.6) is 0 Å². The molecule has 0 radical (unpaired) electrons. The number of urea groups is 1. The Morgan fingerprint density at radius 2 is 2.04 bits per heavy atom. The highest BCUT2D eigenvalue weighted by Crippen LogP contribution is 2.18. The highest BCUT2D eigenvalue weighted by atomic mass is 16.2. The topological polar surface area (TPSA) is 75.1 Å². The van der Waals surface area contributed by atoms with E-state index in [0.717, 1.165) is 36.5 Å². The number of nitrogens with one attached hydrogen (secondary N) is 2. The van der Waals surface area contributed by atoms with Gasteiger partial charge in [-0.2, -0.15) is 5.10 Å². The van der Waals surface area contributed by atoms with E-state index in [1.54, 1.807) is 4.68 Å². The standard InChI is InChI=1S/C18H26N6O/c1-23-14-16(13-22-23)6-8-20-18(25)21-12-15-5-7-19-17(11-15)24-9-3-2-4-10-24/h5,7,11,13-14H,2-4,6,8-10,12H2,1H3,(H2,20,21,25). The molecule has 25 heavy (non-hydrogen) atoms. The number of aromatic nitrogens is 3. The number of piperidine rings is 1. The van der Waals surface area contributed by atoms with Gasteiger partial charge in [-0.25, -0.2) is 9.78 Å². The summed E-state index contributed by atoms with van der Waals surface area (Å²) in [4.78, 5) is 18.7. The van der Waals surface area contributed by atoms with Crippen molar-refractivity contribution in [2.75, 3.05) is 24.5 Å². The van der Waals surface area contributed by atoms with Crippen molar-refractivity contribution < 1.29 is 4.79 Å². The number of amides is 2. The van der Waals surface area contributed by atoms with Crippen LogP contribution in [0.4, 0.5) is 10.6 Å². The van der Waals surface area contributed by atoms with E-state index in [9.17, 15) is 4.79 Å². The first kappa shape index (κ1) is 17.3. The molecule has 0 atom stereocenters. The van der Waals surface area contributed by atoms with E-state index in [0.29, 0.717) is 13.1 Å². The highest BCUT2D eigenvalue weighted by molar-refractivity contribution is 5.73. The highest BCUT2D eigenvalue weighted by Gasteiger charge is 2.12. The fourth-order valence-corrected chi connectivity index (χ4v) is 3.03. The number of nitrogens with zero attached hydrogens (tertiary/aromatic N) is 4. The van der Waals surface area contributed by atoms with E-state index in [4.69, 9.17) is 0 Å². The molecule has 7 nitrogen and oxygen atoms in total. The molecular formula is C18H26N6O. The molecule has 134 valence electrons. The average Bonchev–Trinajstić information content (AvgIpc) is 3.06. The Morgan fingerprint density at radius 1 is 1.20 bits per heavy atom. The molecular weight excluding hydrogens is 316 g/mol. The van der Waals surface area contributed by atoms with Crippen LogP contribution in [0, 0.1) is 0 Å². The molecule has 0 bridgehead atoms. The number of aryl methyl sites for hydroxylation is 1. The van der Waals surface area contributed by atoms with Crippen LogP contribution >= 0.6 is 0 Å². The van der Waals surface area contributed by atoms with E-state index < -0.39 is 0 Å². The summed E-state index contributed by atoms with van der Waals surface area (Å²) in [6.07, 6.45) is 10.1. The minimum absolute atomic E-state index is 0.153. The second-order valence-electron chi connectivity index (χ2n) is 6.45. The zero-order chi connectivity index (χ0) is 17.5. The number of anilines is 1. The molecule has 1 fully saturated rings. The van der Waals surface area contributed by atoms with Gasteiger partial charge in [0.1, 0.15) is 5.82 Å². The molecule has 2 aromatic rings. The summed E-state index contributed by atoms with van der Waals surface area (Å²) < 4.78 is 1.76. The van der Waals surface area contributed by atoms with Crippen molar-refractivity contribution in [2.45, 2.75) is 32.2 Å². The maximum absolute atomic E-state index is 11.9. The molecule has 3 heterocycles. The minimum Gasteiger partial charge on any atom is -0.357 e. The summed E-state index contributed by atoms with van der Waals surface area (Å²) in [6, 6.07) is 3.87. The van der Waals surface area contributed by atoms with E-state index in [2.05, 4.69) is 31.7 Å². The monoisotopic (exact) mass is 342 g/mol.